The predicted octanol–water partition coefficient (Wildman–Crippen LogP) is 6.16. The van der Waals surface area contributed by atoms with Crippen molar-refractivity contribution >= 4 is 28.9 Å². The van der Waals surface area contributed by atoms with E-state index in [1.54, 1.807) is 12.0 Å². The molecule has 0 atom stereocenters. The number of carbonyl (C=O) groups excluding carboxylic acids is 1. The molecule has 1 aliphatic rings. The third-order valence-corrected chi connectivity index (χ3v) is 6.30. The zero-order valence-corrected chi connectivity index (χ0v) is 20.3. The fourth-order valence-corrected chi connectivity index (χ4v) is 4.51. The van der Waals surface area contributed by atoms with E-state index in [-0.39, 0.29) is 5.91 Å². The molecular weight excluding hydrogens is 444 g/mol. The Hall–Kier alpha value is -3.51. The molecule has 5 nitrogen and oxygen atoms in total. The second-order valence-corrected chi connectivity index (χ2v) is 8.84. The topological polar surface area (TPSA) is 51.1 Å². The van der Waals surface area contributed by atoms with Gasteiger partial charge in [0.15, 0.2) is 16.7 Å². The molecule has 0 unspecified atom stereocenters. The number of thioether (sulfide) groups is 1. The smallest absolute Gasteiger partial charge is 0.267 e. The molecule has 34 heavy (non-hydrogen) atoms. The summed E-state index contributed by atoms with van der Waals surface area (Å²) in [5, 5.41) is 0.707. The summed E-state index contributed by atoms with van der Waals surface area (Å²) in [5.74, 6) is 1.30. The molecule has 0 radical (unpaired) electrons. The summed E-state index contributed by atoms with van der Waals surface area (Å²) in [4.78, 5) is 20.6. The fourth-order valence-electron chi connectivity index (χ4n) is 3.53. The van der Waals surface area contributed by atoms with Crippen LogP contribution in [0, 0.1) is 0 Å². The third-order valence-electron chi connectivity index (χ3n) is 5.26. The Kier molecular flexibility index (Phi) is 8.04. The van der Waals surface area contributed by atoms with Crippen LogP contribution in [0.3, 0.4) is 0 Å². The molecule has 0 N–H and O–H groups in total. The van der Waals surface area contributed by atoms with Crippen LogP contribution in [0.2, 0.25) is 0 Å². The highest BCUT2D eigenvalue weighted by molar-refractivity contribution is 8.18. The molecule has 1 saturated heterocycles. The largest absolute Gasteiger partial charge is 0.493 e. The number of methoxy groups -OCH3 is 1. The Balaban J connectivity index is 1.61. The minimum atomic E-state index is -0.0501. The number of rotatable bonds is 9. The summed E-state index contributed by atoms with van der Waals surface area (Å²) in [5.41, 5.74) is 3.04. The highest BCUT2D eigenvalue weighted by Gasteiger charge is 2.33. The van der Waals surface area contributed by atoms with Gasteiger partial charge in [0.2, 0.25) is 0 Å². The summed E-state index contributed by atoms with van der Waals surface area (Å²) >= 11 is 1.41. The van der Waals surface area contributed by atoms with Gasteiger partial charge in [-0.25, -0.2) is 0 Å². The number of aliphatic imine (C=N–C) groups is 1. The molecule has 1 fully saturated rings. The third kappa shape index (κ3) is 5.88. The molecule has 6 heteroatoms. The highest BCUT2D eigenvalue weighted by Crippen LogP contribution is 2.35. The van der Waals surface area contributed by atoms with E-state index < -0.39 is 0 Å². The zero-order valence-electron chi connectivity index (χ0n) is 19.4. The summed E-state index contributed by atoms with van der Waals surface area (Å²) in [6.07, 6.45) is 2.81. The van der Waals surface area contributed by atoms with Crippen LogP contribution >= 0.6 is 11.8 Å². The van der Waals surface area contributed by atoms with Gasteiger partial charge in [0.05, 0.1) is 31.7 Å². The molecule has 174 valence electrons. The van der Waals surface area contributed by atoms with Gasteiger partial charge in [0, 0.05) is 0 Å². The number of amides is 1. The number of nitrogens with zero attached hydrogens (tertiary/aromatic N) is 2. The highest BCUT2D eigenvalue weighted by atomic mass is 32.2. The maximum atomic E-state index is 13.4. The van der Waals surface area contributed by atoms with E-state index in [4.69, 9.17) is 14.5 Å². The molecule has 3 aromatic carbocycles. The molecule has 0 bridgehead atoms. The van der Waals surface area contributed by atoms with Crippen LogP contribution in [0.25, 0.3) is 6.08 Å². The molecule has 4 rings (SSSR count). The first-order chi connectivity index (χ1) is 16.7. The van der Waals surface area contributed by atoms with Crippen LogP contribution in [-0.2, 0) is 17.9 Å². The van der Waals surface area contributed by atoms with Crippen LogP contribution in [0.15, 0.2) is 88.8 Å². The van der Waals surface area contributed by atoms with Gasteiger partial charge in [-0.05, 0) is 53.1 Å². The average Bonchev–Trinajstić information content (AvgIpc) is 3.17. The van der Waals surface area contributed by atoms with Crippen LogP contribution in [0.1, 0.15) is 30.0 Å². The standard InChI is InChI=1S/C28H28N2O3S/c1-3-16-33-24-15-14-23(17-25(24)32-2)18-26-27(31)30(20-22-12-8-5-9-13-22)28(34-26)29-19-21-10-6-4-7-11-21/h4-15,17-18H,3,16,19-20H2,1-2H3/b26-18+,29-28?. The van der Waals surface area contributed by atoms with Crippen molar-refractivity contribution in [3.63, 3.8) is 0 Å². The van der Waals surface area contributed by atoms with E-state index in [1.165, 1.54) is 11.8 Å². The second-order valence-electron chi connectivity index (χ2n) is 7.83. The maximum absolute atomic E-state index is 13.4. The van der Waals surface area contributed by atoms with Gasteiger partial charge in [0.1, 0.15) is 0 Å². The first-order valence-electron chi connectivity index (χ1n) is 11.3. The van der Waals surface area contributed by atoms with Crippen molar-refractivity contribution in [2.45, 2.75) is 26.4 Å². The summed E-state index contributed by atoms with van der Waals surface area (Å²) in [6.45, 7) is 3.68. The van der Waals surface area contributed by atoms with Gasteiger partial charge in [-0.3, -0.25) is 14.7 Å². The van der Waals surface area contributed by atoms with Crippen LogP contribution in [0.4, 0.5) is 0 Å². The Morgan fingerprint density at radius 3 is 2.32 bits per heavy atom. The Morgan fingerprint density at radius 2 is 1.65 bits per heavy atom. The molecular formula is C28H28N2O3S. The van der Waals surface area contributed by atoms with Crippen LogP contribution in [-0.4, -0.2) is 29.7 Å². The lowest BCUT2D eigenvalue weighted by Gasteiger charge is -2.15. The van der Waals surface area contributed by atoms with Crippen molar-refractivity contribution in [2.75, 3.05) is 13.7 Å². The van der Waals surface area contributed by atoms with Gasteiger partial charge >= 0.3 is 0 Å². The maximum Gasteiger partial charge on any atom is 0.267 e. The van der Waals surface area contributed by atoms with Crippen LogP contribution in [0.5, 0.6) is 11.5 Å². The Bertz CT molecular complexity index is 1180. The zero-order chi connectivity index (χ0) is 23.8. The van der Waals surface area contributed by atoms with Gasteiger partial charge in [-0.2, -0.15) is 0 Å². The van der Waals surface area contributed by atoms with Gasteiger partial charge in [-0.1, -0.05) is 73.7 Å². The predicted molar refractivity (Wildman–Crippen MR) is 139 cm³/mol. The van der Waals surface area contributed by atoms with E-state index in [9.17, 15) is 4.79 Å². The number of carbonyl (C=O) groups is 1. The van der Waals surface area contributed by atoms with Crippen molar-refractivity contribution in [1.82, 2.24) is 4.90 Å². The van der Waals surface area contributed by atoms with Gasteiger partial charge in [0.25, 0.3) is 5.91 Å². The van der Waals surface area contributed by atoms with Gasteiger partial charge < -0.3 is 9.47 Å². The second kappa shape index (κ2) is 11.6. The number of benzene rings is 3. The summed E-state index contributed by atoms with van der Waals surface area (Å²) < 4.78 is 11.3. The monoisotopic (exact) mass is 472 g/mol. The molecule has 0 aromatic heterocycles. The minimum absolute atomic E-state index is 0.0501. The lowest BCUT2D eigenvalue weighted by molar-refractivity contribution is -0.122. The molecule has 1 amide bonds. The average molecular weight is 473 g/mol. The molecule has 0 saturated carbocycles. The molecule has 0 spiro atoms. The first-order valence-corrected chi connectivity index (χ1v) is 12.1. The number of hydrogen-bond acceptors (Lipinski definition) is 5. The van der Waals surface area contributed by atoms with Crippen molar-refractivity contribution in [2.24, 2.45) is 4.99 Å². The molecule has 1 aliphatic heterocycles. The number of ether oxygens (including phenoxy) is 2. The van der Waals surface area contributed by atoms with E-state index in [2.05, 4.69) is 6.92 Å². The first kappa shape index (κ1) is 23.6. The van der Waals surface area contributed by atoms with E-state index >= 15 is 0 Å². The summed E-state index contributed by atoms with van der Waals surface area (Å²) in [6, 6.07) is 25.8. The quantitative estimate of drug-likeness (QED) is 0.350. The number of amidine groups is 1. The normalized spacial score (nSPS) is 15.8. The van der Waals surface area contributed by atoms with E-state index in [1.807, 2.05) is 84.9 Å². The van der Waals surface area contributed by atoms with E-state index in [0.717, 1.165) is 23.1 Å². The van der Waals surface area contributed by atoms with Gasteiger partial charge in [-0.15, -0.1) is 0 Å². The van der Waals surface area contributed by atoms with Crippen molar-refractivity contribution in [3.05, 3.63) is 100 Å². The lowest BCUT2D eigenvalue weighted by Crippen LogP contribution is -2.28. The van der Waals surface area contributed by atoms with Crippen LogP contribution < -0.4 is 9.47 Å². The Labute approximate surface area is 205 Å². The molecule has 3 aromatic rings. The van der Waals surface area contributed by atoms with Crippen molar-refractivity contribution in [1.29, 1.82) is 0 Å². The number of hydrogen-bond donors (Lipinski definition) is 0. The Morgan fingerprint density at radius 1 is 0.941 bits per heavy atom. The van der Waals surface area contributed by atoms with Crippen molar-refractivity contribution in [3.8, 4) is 11.5 Å². The minimum Gasteiger partial charge on any atom is -0.493 e. The molecule has 0 aliphatic carbocycles. The molecule has 1 heterocycles. The van der Waals surface area contributed by atoms with E-state index in [0.29, 0.717) is 41.3 Å². The fraction of sp³-hybridized carbons (Fsp3) is 0.214. The SMILES string of the molecule is CCCOc1ccc(/C=C2/SC(=NCc3ccccc3)N(Cc3ccccc3)C2=O)cc1OC. The lowest BCUT2D eigenvalue weighted by atomic mass is 10.1. The summed E-state index contributed by atoms with van der Waals surface area (Å²) in [7, 11) is 1.62. The van der Waals surface area contributed by atoms with Crippen molar-refractivity contribution < 1.29 is 14.3 Å².